The molecule has 158 valence electrons. The molecule has 4 rings (SSSR count). The minimum absolute atomic E-state index is 0.0502. The van der Waals surface area contributed by atoms with Crippen molar-refractivity contribution in [2.24, 2.45) is 11.8 Å². The van der Waals surface area contributed by atoms with Gasteiger partial charge in [-0.1, -0.05) is 32.9 Å². The smallest absolute Gasteiger partial charge is 0.251 e. The molecule has 2 heterocycles. The lowest BCUT2D eigenvalue weighted by atomic mass is 9.88. The van der Waals surface area contributed by atoms with Crippen molar-refractivity contribution in [1.82, 2.24) is 10.7 Å². The van der Waals surface area contributed by atoms with Crippen LogP contribution in [0, 0.1) is 11.8 Å². The monoisotopic (exact) mass is 406 g/mol. The van der Waals surface area contributed by atoms with Gasteiger partial charge in [0.1, 0.15) is 0 Å². The summed E-state index contributed by atoms with van der Waals surface area (Å²) in [5.74, 6) is 0.318. The largest absolute Gasteiger partial charge is 0.384 e. The van der Waals surface area contributed by atoms with E-state index in [4.69, 9.17) is 0 Å². The Morgan fingerprint density at radius 1 is 1.20 bits per heavy atom. The van der Waals surface area contributed by atoms with Gasteiger partial charge in [-0.15, -0.1) is 0 Å². The van der Waals surface area contributed by atoms with Crippen molar-refractivity contribution in [3.05, 3.63) is 59.2 Å². The number of amides is 2. The Bertz CT molecular complexity index is 939. The maximum atomic E-state index is 13.1. The number of aryl methyl sites for hydroxylation is 1. The van der Waals surface area contributed by atoms with E-state index in [1.165, 1.54) is 5.56 Å². The fraction of sp³-hybridized carbons (Fsp3) is 0.417. The number of hydrogen-bond donors (Lipinski definition) is 3. The molecule has 0 aliphatic carbocycles. The van der Waals surface area contributed by atoms with Crippen LogP contribution in [-0.2, 0) is 11.2 Å². The molecular weight excluding hydrogens is 376 g/mol. The van der Waals surface area contributed by atoms with Gasteiger partial charge in [0, 0.05) is 24.3 Å². The van der Waals surface area contributed by atoms with Crippen LogP contribution in [0.3, 0.4) is 0 Å². The average Bonchev–Trinajstić information content (AvgIpc) is 3.10. The summed E-state index contributed by atoms with van der Waals surface area (Å²) in [6, 6.07) is 13.6. The zero-order valence-corrected chi connectivity index (χ0v) is 17.9. The van der Waals surface area contributed by atoms with Crippen LogP contribution in [0.15, 0.2) is 42.5 Å². The maximum absolute atomic E-state index is 13.1. The molecule has 0 aromatic heterocycles. The molecule has 0 saturated carbocycles. The van der Waals surface area contributed by atoms with Crippen molar-refractivity contribution < 1.29 is 9.59 Å². The van der Waals surface area contributed by atoms with Crippen LogP contribution < -0.4 is 21.1 Å². The molecule has 6 heteroatoms. The number of fused-ring (bicyclic) bond motifs is 3. The minimum atomic E-state index is -0.206. The molecule has 2 atom stereocenters. The third-order valence-corrected chi connectivity index (χ3v) is 5.98. The van der Waals surface area contributed by atoms with E-state index in [1.807, 2.05) is 30.3 Å². The lowest BCUT2D eigenvalue weighted by molar-refractivity contribution is -0.120. The van der Waals surface area contributed by atoms with Crippen LogP contribution in [0.25, 0.3) is 0 Å². The SMILES string of the molecule is CCc1ccc(N2NC3c4cc(C(=O)NCCC(C)C)ccc4NCC3C2=O)cc1. The van der Waals surface area contributed by atoms with Crippen molar-refractivity contribution in [2.75, 3.05) is 23.4 Å². The van der Waals surface area contributed by atoms with E-state index in [0.717, 1.165) is 29.8 Å². The predicted octanol–water partition coefficient (Wildman–Crippen LogP) is 3.66. The predicted molar refractivity (Wildman–Crippen MR) is 119 cm³/mol. The third kappa shape index (κ3) is 3.92. The average molecular weight is 407 g/mol. The van der Waals surface area contributed by atoms with Gasteiger partial charge >= 0.3 is 0 Å². The van der Waals surface area contributed by atoms with Gasteiger partial charge in [-0.2, -0.15) is 0 Å². The van der Waals surface area contributed by atoms with E-state index in [0.29, 0.717) is 24.6 Å². The van der Waals surface area contributed by atoms with Crippen molar-refractivity contribution in [3.63, 3.8) is 0 Å². The van der Waals surface area contributed by atoms with Gasteiger partial charge in [-0.3, -0.25) is 9.59 Å². The van der Waals surface area contributed by atoms with Gasteiger partial charge in [0.15, 0.2) is 0 Å². The number of nitrogens with zero attached hydrogens (tertiary/aromatic N) is 1. The van der Waals surface area contributed by atoms with E-state index < -0.39 is 0 Å². The molecule has 2 unspecified atom stereocenters. The highest BCUT2D eigenvalue weighted by atomic mass is 16.2. The number of benzene rings is 2. The molecule has 6 nitrogen and oxygen atoms in total. The number of nitrogens with one attached hydrogen (secondary N) is 3. The Morgan fingerprint density at radius 3 is 2.67 bits per heavy atom. The molecule has 2 aliphatic heterocycles. The second-order valence-electron chi connectivity index (χ2n) is 8.53. The Kier molecular flexibility index (Phi) is 5.77. The van der Waals surface area contributed by atoms with Gasteiger partial charge in [0.25, 0.3) is 5.91 Å². The quantitative estimate of drug-likeness (QED) is 0.685. The summed E-state index contributed by atoms with van der Waals surface area (Å²) in [6.07, 6.45) is 1.91. The highest BCUT2D eigenvalue weighted by molar-refractivity contribution is 5.99. The summed E-state index contributed by atoms with van der Waals surface area (Å²) in [6.45, 7) is 7.63. The fourth-order valence-corrected chi connectivity index (χ4v) is 4.09. The molecule has 1 fully saturated rings. The van der Waals surface area contributed by atoms with Gasteiger partial charge in [-0.05, 0) is 60.2 Å². The molecule has 1 saturated heterocycles. The van der Waals surface area contributed by atoms with E-state index >= 15 is 0 Å². The summed E-state index contributed by atoms with van der Waals surface area (Å²) in [5.41, 5.74) is 8.03. The number of rotatable bonds is 6. The summed E-state index contributed by atoms with van der Waals surface area (Å²) in [5, 5.41) is 8.01. The van der Waals surface area contributed by atoms with Gasteiger partial charge < -0.3 is 10.6 Å². The second kappa shape index (κ2) is 8.48. The Morgan fingerprint density at radius 2 is 1.97 bits per heavy atom. The van der Waals surface area contributed by atoms with Gasteiger partial charge in [0.05, 0.1) is 17.6 Å². The maximum Gasteiger partial charge on any atom is 0.251 e. The standard InChI is InChI=1S/C24H30N4O2/c1-4-16-5-8-18(9-6-16)28-24(30)20-14-26-21-10-7-17(13-19(21)22(20)27-28)23(29)25-12-11-15(2)3/h5-10,13,15,20,22,26-27H,4,11-12,14H2,1-3H3,(H,25,29). The topological polar surface area (TPSA) is 73.5 Å². The van der Waals surface area contributed by atoms with Crippen LogP contribution in [0.2, 0.25) is 0 Å². The molecule has 0 radical (unpaired) electrons. The van der Waals surface area contributed by atoms with Crippen molar-refractivity contribution in [3.8, 4) is 0 Å². The lowest BCUT2D eigenvalue weighted by Crippen LogP contribution is -2.35. The van der Waals surface area contributed by atoms with Crippen molar-refractivity contribution in [1.29, 1.82) is 0 Å². The van der Waals surface area contributed by atoms with E-state index in [9.17, 15) is 9.59 Å². The normalized spacial score (nSPS) is 20.0. The number of anilines is 2. The van der Waals surface area contributed by atoms with Gasteiger partial charge in [0.2, 0.25) is 5.91 Å². The number of hydrazine groups is 1. The van der Waals surface area contributed by atoms with E-state index in [-0.39, 0.29) is 23.8 Å². The summed E-state index contributed by atoms with van der Waals surface area (Å²) in [4.78, 5) is 25.7. The molecule has 2 aliphatic rings. The van der Waals surface area contributed by atoms with E-state index in [2.05, 4.69) is 49.0 Å². The Labute approximate surface area is 178 Å². The van der Waals surface area contributed by atoms with Crippen LogP contribution in [-0.4, -0.2) is 24.9 Å². The van der Waals surface area contributed by atoms with Crippen LogP contribution in [0.1, 0.15) is 54.7 Å². The fourth-order valence-electron chi connectivity index (χ4n) is 4.09. The molecule has 0 spiro atoms. The minimum Gasteiger partial charge on any atom is -0.384 e. The zero-order valence-electron chi connectivity index (χ0n) is 17.9. The first-order valence-corrected chi connectivity index (χ1v) is 10.8. The molecule has 2 amide bonds. The third-order valence-electron chi connectivity index (χ3n) is 5.98. The van der Waals surface area contributed by atoms with Gasteiger partial charge in [-0.25, -0.2) is 10.4 Å². The zero-order chi connectivity index (χ0) is 21.3. The number of carbonyl (C=O) groups is 2. The molecule has 30 heavy (non-hydrogen) atoms. The first-order valence-electron chi connectivity index (χ1n) is 10.8. The highest BCUT2D eigenvalue weighted by Gasteiger charge is 2.44. The Hall–Kier alpha value is -2.86. The summed E-state index contributed by atoms with van der Waals surface area (Å²) >= 11 is 0. The van der Waals surface area contributed by atoms with E-state index in [1.54, 1.807) is 5.01 Å². The number of hydrogen-bond acceptors (Lipinski definition) is 4. The van der Waals surface area contributed by atoms with Crippen molar-refractivity contribution >= 4 is 23.2 Å². The molecule has 3 N–H and O–H groups in total. The van der Waals surface area contributed by atoms with Crippen LogP contribution >= 0.6 is 0 Å². The molecule has 0 bridgehead atoms. The first-order chi connectivity index (χ1) is 14.5. The number of carbonyl (C=O) groups excluding carboxylic acids is 2. The van der Waals surface area contributed by atoms with Crippen LogP contribution in [0.5, 0.6) is 0 Å². The lowest BCUT2D eigenvalue weighted by Gasteiger charge is -2.27. The summed E-state index contributed by atoms with van der Waals surface area (Å²) in [7, 11) is 0. The first kappa shape index (κ1) is 20.4. The molecular formula is C24H30N4O2. The Balaban J connectivity index is 1.55. The van der Waals surface area contributed by atoms with Crippen molar-refractivity contribution in [2.45, 2.75) is 39.7 Å². The molecule has 2 aromatic carbocycles. The summed E-state index contributed by atoms with van der Waals surface area (Å²) < 4.78 is 0. The van der Waals surface area contributed by atoms with Crippen LogP contribution in [0.4, 0.5) is 11.4 Å². The second-order valence-corrected chi connectivity index (χ2v) is 8.53. The molecule has 2 aromatic rings. The highest BCUT2D eigenvalue weighted by Crippen LogP contribution is 2.39.